The number of ether oxygens (including phenoxy) is 1. The molecule has 3 fully saturated rings. The van der Waals surface area contributed by atoms with Crippen molar-refractivity contribution in [3.8, 4) is 0 Å². The van der Waals surface area contributed by atoms with Gasteiger partial charge >= 0.3 is 22.5 Å². The average molecular weight is 479 g/mol. The molecule has 32 heavy (non-hydrogen) atoms. The predicted molar refractivity (Wildman–Crippen MR) is 108 cm³/mol. The number of nitrogens with one attached hydrogen (secondary N) is 1. The van der Waals surface area contributed by atoms with Gasteiger partial charge in [0, 0.05) is 25.6 Å². The Morgan fingerprint density at radius 1 is 1.16 bits per heavy atom. The molecule has 182 valence electrons. The Morgan fingerprint density at radius 2 is 1.81 bits per heavy atom. The highest BCUT2D eigenvalue weighted by Gasteiger charge is 2.49. The number of nitrogens with zero attached hydrogens (tertiary/aromatic N) is 3. The zero-order chi connectivity index (χ0) is 23.8. The molecule has 1 saturated carbocycles. The smallest absolute Gasteiger partial charge is 0.418 e. The third kappa shape index (κ3) is 5.60. The van der Waals surface area contributed by atoms with Gasteiger partial charge in [-0.3, -0.25) is 14.2 Å². The maximum Gasteiger partial charge on any atom is 0.418 e. The van der Waals surface area contributed by atoms with Gasteiger partial charge in [-0.2, -0.15) is 13.5 Å². The highest BCUT2D eigenvalue weighted by Crippen LogP contribution is 2.31. The predicted octanol–water partition coefficient (Wildman–Crippen LogP) is 0.825. The lowest BCUT2D eigenvalue weighted by Gasteiger charge is -2.32. The van der Waals surface area contributed by atoms with Crippen LogP contribution in [-0.2, 0) is 29.1 Å². The summed E-state index contributed by atoms with van der Waals surface area (Å²) in [5.74, 6) is -0.543. The largest absolute Gasteiger partial charge is 0.446 e. The average Bonchev–Trinajstić information content (AvgIpc) is 3.22. The molecule has 0 aromatic rings. The quantitative estimate of drug-likeness (QED) is 0.417. The second-order valence-electron chi connectivity index (χ2n) is 9.26. The lowest BCUT2D eigenvalue weighted by molar-refractivity contribution is -0.143. The minimum absolute atomic E-state index is 0.0924. The Morgan fingerprint density at radius 3 is 2.44 bits per heavy atom. The van der Waals surface area contributed by atoms with Crippen molar-refractivity contribution in [3.63, 3.8) is 0 Å². The molecule has 2 heterocycles. The van der Waals surface area contributed by atoms with E-state index >= 15 is 0 Å². The number of hydroxylamine groups is 3. The fourth-order valence-electron chi connectivity index (χ4n) is 3.92. The van der Waals surface area contributed by atoms with E-state index in [2.05, 4.69) is 9.76 Å². The topological polar surface area (TPSA) is 155 Å². The van der Waals surface area contributed by atoms with E-state index in [9.17, 15) is 22.8 Å². The van der Waals surface area contributed by atoms with Crippen molar-refractivity contribution < 1.29 is 41.2 Å². The van der Waals surface area contributed by atoms with Crippen LogP contribution in [0.1, 0.15) is 52.9 Å². The van der Waals surface area contributed by atoms with Crippen molar-refractivity contribution in [3.05, 3.63) is 0 Å². The molecule has 2 unspecified atom stereocenters. The van der Waals surface area contributed by atoms with Gasteiger partial charge in [-0.1, -0.05) is 0 Å². The summed E-state index contributed by atoms with van der Waals surface area (Å²) in [4.78, 5) is 45.4. The molecule has 0 aromatic heterocycles. The van der Waals surface area contributed by atoms with Crippen LogP contribution in [-0.4, -0.2) is 89.3 Å². The first-order chi connectivity index (χ1) is 14.8. The number of hydrogen-bond donors (Lipinski definition) is 2. The molecule has 2 bridgehead atoms. The number of fused-ring (bicyclic) bond motifs is 2. The van der Waals surface area contributed by atoms with E-state index in [0.29, 0.717) is 30.7 Å². The van der Waals surface area contributed by atoms with Gasteiger partial charge < -0.3 is 14.5 Å². The van der Waals surface area contributed by atoms with E-state index < -0.39 is 40.5 Å². The molecule has 2 saturated heterocycles. The van der Waals surface area contributed by atoms with Crippen molar-refractivity contribution >= 4 is 28.4 Å². The van der Waals surface area contributed by atoms with Gasteiger partial charge in [-0.15, -0.1) is 4.28 Å². The number of rotatable bonds is 6. The molecule has 3 rings (SSSR count). The zero-order valence-electron chi connectivity index (χ0n) is 18.5. The first-order valence-electron chi connectivity index (χ1n) is 10.4. The number of carbonyl (C=O) groups is 3. The second-order valence-corrected chi connectivity index (χ2v) is 10.3. The fourth-order valence-corrected chi connectivity index (χ4v) is 4.31. The number of hydrogen-bond acceptors (Lipinski definition) is 8. The Bertz CT molecular complexity index is 859. The minimum Gasteiger partial charge on any atom is -0.446 e. The van der Waals surface area contributed by atoms with Crippen molar-refractivity contribution in [2.45, 2.75) is 82.7 Å². The first-order valence-corrected chi connectivity index (χ1v) is 11.8. The van der Waals surface area contributed by atoms with E-state index in [0.717, 1.165) is 0 Å². The number of urea groups is 1. The first kappa shape index (κ1) is 24.5. The number of amides is 4. The van der Waals surface area contributed by atoms with E-state index in [-0.39, 0.29) is 30.7 Å². The van der Waals surface area contributed by atoms with E-state index in [4.69, 9.17) is 14.1 Å². The molecule has 0 aromatic carbocycles. The molecule has 0 radical (unpaired) electrons. The van der Waals surface area contributed by atoms with Crippen LogP contribution in [0.5, 0.6) is 0 Å². The molecular formula is C18H30N4O9S. The molecule has 3 aliphatic rings. The van der Waals surface area contributed by atoms with Gasteiger partial charge in [-0.05, 0) is 46.5 Å². The van der Waals surface area contributed by atoms with Crippen LogP contribution in [0.2, 0.25) is 0 Å². The van der Waals surface area contributed by atoms with Gasteiger partial charge in [0.2, 0.25) is 0 Å². The summed E-state index contributed by atoms with van der Waals surface area (Å²) in [5.41, 5.74) is 2.00. The fraction of sp³-hybridized carbons (Fsp3) is 0.833. The summed E-state index contributed by atoms with van der Waals surface area (Å²) >= 11 is 0. The maximum atomic E-state index is 12.6. The third-order valence-corrected chi connectivity index (χ3v) is 6.36. The van der Waals surface area contributed by atoms with E-state index in [1.807, 2.05) is 20.8 Å². The van der Waals surface area contributed by atoms with Crippen LogP contribution in [0.15, 0.2) is 0 Å². The normalized spacial score (nSPS) is 28.1. The third-order valence-electron chi connectivity index (χ3n) is 6.01. The Labute approximate surface area is 186 Å². The molecule has 2 aliphatic heterocycles. The number of piperidine rings is 1. The molecule has 2 N–H and O–H groups in total. The second kappa shape index (κ2) is 9.00. The summed E-state index contributed by atoms with van der Waals surface area (Å²) in [6.45, 7) is 5.79. The van der Waals surface area contributed by atoms with Gasteiger partial charge in [0.15, 0.2) is 0 Å². The monoisotopic (exact) mass is 478 g/mol. The molecule has 4 amide bonds. The highest BCUT2D eigenvalue weighted by molar-refractivity contribution is 7.80. The molecule has 1 aliphatic carbocycles. The number of carbonyl (C=O) groups excluding carboxylic acids is 3. The maximum absolute atomic E-state index is 12.6. The van der Waals surface area contributed by atoms with Crippen LogP contribution in [0.3, 0.4) is 0 Å². The summed E-state index contributed by atoms with van der Waals surface area (Å²) in [7, 11) is -3.18. The summed E-state index contributed by atoms with van der Waals surface area (Å²) in [6.07, 6.45) is 1.12. The molecular weight excluding hydrogens is 448 g/mol. The van der Waals surface area contributed by atoms with Crippen LogP contribution in [0, 0.1) is 0 Å². The SMILES string of the molecule is CN(C(=O)OC1CCC(ONC(=O)[C@@H]2CC[C@@H]3CN2C(=O)N3OS(=O)(=O)O)C1)C(C)(C)C. The summed E-state index contributed by atoms with van der Waals surface area (Å²) < 4.78 is 40.6. The molecule has 0 spiro atoms. The van der Waals surface area contributed by atoms with Crippen LogP contribution in [0.25, 0.3) is 0 Å². The van der Waals surface area contributed by atoms with Gasteiger partial charge in [-0.25, -0.2) is 15.1 Å². The zero-order valence-corrected chi connectivity index (χ0v) is 19.3. The van der Waals surface area contributed by atoms with E-state index in [1.54, 1.807) is 7.05 Å². The molecule has 13 nitrogen and oxygen atoms in total. The van der Waals surface area contributed by atoms with Crippen molar-refractivity contribution in [2.24, 2.45) is 0 Å². The summed E-state index contributed by atoms with van der Waals surface area (Å²) in [5, 5.41) is 0.577. The van der Waals surface area contributed by atoms with Crippen molar-refractivity contribution in [2.75, 3.05) is 13.6 Å². The minimum atomic E-state index is -4.85. The van der Waals surface area contributed by atoms with Crippen molar-refractivity contribution in [1.29, 1.82) is 0 Å². The Balaban J connectivity index is 1.47. The summed E-state index contributed by atoms with van der Waals surface area (Å²) in [6, 6.07) is -2.25. The van der Waals surface area contributed by atoms with Gasteiger partial charge in [0.1, 0.15) is 12.1 Å². The van der Waals surface area contributed by atoms with Gasteiger partial charge in [0.05, 0.1) is 12.1 Å². The highest BCUT2D eigenvalue weighted by atomic mass is 32.3. The van der Waals surface area contributed by atoms with Crippen LogP contribution < -0.4 is 5.48 Å². The Kier molecular flexibility index (Phi) is 6.88. The Hall–Kier alpha value is -2.16. The van der Waals surface area contributed by atoms with E-state index in [1.165, 1.54) is 9.80 Å². The molecule has 14 heteroatoms. The van der Waals surface area contributed by atoms with Gasteiger partial charge in [0.25, 0.3) is 5.91 Å². The van der Waals surface area contributed by atoms with Crippen LogP contribution >= 0.6 is 0 Å². The van der Waals surface area contributed by atoms with Crippen LogP contribution in [0.4, 0.5) is 9.59 Å². The van der Waals surface area contributed by atoms with Crippen molar-refractivity contribution in [1.82, 2.24) is 20.3 Å². The lowest BCUT2D eigenvalue weighted by Crippen LogP contribution is -2.50. The molecule has 4 atom stereocenters. The lowest BCUT2D eigenvalue weighted by atomic mass is 10.0. The standard InChI is InChI=1S/C18H30N4O9S/c1-18(2,3)20(4)17(25)29-12-6-7-13(9-12)30-19-15(23)14-8-5-11-10-21(14)16(24)22(11)31-32(26,27)28/h11-14H,5-10H2,1-4H3,(H,19,23)(H,26,27,28)/t11-,12?,13?,14+/m1/s1.